The van der Waals surface area contributed by atoms with Crippen molar-refractivity contribution in [3.63, 3.8) is 0 Å². The fraction of sp³-hybridized carbons (Fsp3) is 0.833. The number of esters is 1. The molecule has 0 saturated heterocycles. The molecular weight excluding hydrogens is 192 g/mol. The van der Waals surface area contributed by atoms with Crippen LogP contribution < -0.4 is 0 Å². The summed E-state index contributed by atoms with van der Waals surface area (Å²) in [6, 6.07) is 0. The Morgan fingerprint density at radius 1 is 1.20 bits per heavy atom. The highest BCUT2D eigenvalue weighted by Gasteiger charge is 2.68. The van der Waals surface area contributed by atoms with Gasteiger partial charge in [0.1, 0.15) is 5.41 Å². The number of rotatable bonds is 3. The molecule has 0 aromatic rings. The molecule has 0 unspecified atom stereocenters. The highest BCUT2D eigenvalue weighted by atomic mass is 16.5. The van der Waals surface area contributed by atoms with E-state index in [1.165, 1.54) is 20.0 Å². The molecule has 0 radical (unpaired) electrons. The summed E-state index contributed by atoms with van der Waals surface area (Å²) in [6.45, 7) is 3.70. The van der Waals surface area contributed by atoms with Gasteiger partial charge in [-0.2, -0.15) is 0 Å². The van der Waals surface area contributed by atoms with E-state index in [0.29, 0.717) is 5.41 Å². The second-order valence-electron chi connectivity index (χ2n) is 5.45. The van der Waals surface area contributed by atoms with Crippen molar-refractivity contribution in [3.05, 3.63) is 0 Å². The van der Waals surface area contributed by atoms with Gasteiger partial charge in [-0.25, -0.2) is 0 Å². The first kappa shape index (κ1) is 10.7. The number of carbonyl (C=O) groups excluding carboxylic acids is 2. The second kappa shape index (κ2) is 3.06. The maximum atomic E-state index is 12.1. The van der Waals surface area contributed by atoms with Crippen LogP contribution in [0.5, 0.6) is 0 Å². The molecule has 3 heteroatoms. The van der Waals surface area contributed by atoms with Crippen LogP contribution in [-0.4, -0.2) is 18.9 Å². The lowest BCUT2D eigenvalue weighted by Gasteiger charge is -2.45. The number of hydrogen-bond acceptors (Lipinski definition) is 3. The molecular formula is C12H18O3. The lowest BCUT2D eigenvalue weighted by Crippen LogP contribution is -2.53. The molecule has 0 N–H and O–H groups in total. The quantitative estimate of drug-likeness (QED) is 0.528. The van der Waals surface area contributed by atoms with E-state index in [2.05, 4.69) is 0 Å². The molecule has 2 aliphatic carbocycles. The fourth-order valence-corrected chi connectivity index (χ4v) is 2.93. The summed E-state index contributed by atoms with van der Waals surface area (Å²) in [7, 11) is 1.37. The minimum atomic E-state index is -0.792. The molecule has 0 bridgehead atoms. The average Bonchev–Trinajstić information content (AvgIpc) is 2.92. The summed E-state index contributed by atoms with van der Waals surface area (Å²) < 4.78 is 4.79. The van der Waals surface area contributed by atoms with Gasteiger partial charge in [-0.15, -0.1) is 0 Å². The van der Waals surface area contributed by atoms with Crippen molar-refractivity contribution in [1.29, 1.82) is 0 Å². The minimum Gasteiger partial charge on any atom is -0.468 e. The summed E-state index contributed by atoms with van der Waals surface area (Å²) in [6.07, 6.45) is 3.81. The van der Waals surface area contributed by atoms with E-state index in [1.54, 1.807) is 0 Å². The zero-order chi connectivity index (χ0) is 11.3. The van der Waals surface area contributed by atoms with Gasteiger partial charge in [0.15, 0.2) is 5.78 Å². The molecule has 2 fully saturated rings. The van der Waals surface area contributed by atoms with Gasteiger partial charge in [0, 0.05) is 5.92 Å². The molecule has 3 nitrogen and oxygen atoms in total. The third kappa shape index (κ3) is 1.40. The molecule has 1 spiro atoms. The summed E-state index contributed by atoms with van der Waals surface area (Å²) in [5.74, 6) is -0.342. The Kier molecular flexibility index (Phi) is 2.18. The molecule has 0 atom stereocenters. The normalized spacial score (nSPS) is 24.8. The van der Waals surface area contributed by atoms with Gasteiger partial charge in [-0.1, -0.05) is 13.8 Å². The van der Waals surface area contributed by atoms with Crippen molar-refractivity contribution in [2.75, 3.05) is 7.11 Å². The van der Waals surface area contributed by atoms with E-state index >= 15 is 0 Å². The van der Waals surface area contributed by atoms with Crippen molar-refractivity contribution < 1.29 is 14.3 Å². The van der Waals surface area contributed by atoms with Crippen molar-refractivity contribution >= 4 is 11.8 Å². The van der Waals surface area contributed by atoms with E-state index < -0.39 is 5.41 Å². The first-order chi connectivity index (χ1) is 6.96. The van der Waals surface area contributed by atoms with E-state index in [-0.39, 0.29) is 17.7 Å². The Balaban J connectivity index is 2.18. The van der Waals surface area contributed by atoms with Crippen LogP contribution in [0.3, 0.4) is 0 Å². The van der Waals surface area contributed by atoms with Crippen LogP contribution >= 0.6 is 0 Å². The van der Waals surface area contributed by atoms with Gasteiger partial charge in [0.2, 0.25) is 0 Å². The Bertz CT molecular complexity index is 305. The summed E-state index contributed by atoms with van der Waals surface area (Å²) in [5.41, 5.74) is -0.460. The first-order valence-corrected chi connectivity index (χ1v) is 5.59. The van der Waals surface area contributed by atoms with Gasteiger partial charge in [0.05, 0.1) is 7.11 Å². The number of ketones is 1. The molecule has 2 aliphatic rings. The number of Topliss-reactive ketones (excluding diaryl/α,β-unsaturated/α-hetero) is 1. The predicted octanol–water partition coefficient (Wildman–Crippen LogP) is 1.94. The number of hydrogen-bond donors (Lipinski definition) is 0. The molecule has 15 heavy (non-hydrogen) atoms. The second-order valence-corrected chi connectivity index (χ2v) is 5.45. The highest BCUT2D eigenvalue weighted by Crippen LogP contribution is 2.69. The largest absolute Gasteiger partial charge is 0.468 e. The van der Waals surface area contributed by atoms with Crippen LogP contribution in [-0.2, 0) is 14.3 Å². The highest BCUT2D eigenvalue weighted by molar-refractivity contribution is 6.06. The lowest BCUT2D eigenvalue weighted by atomic mass is 9.56. The Hall–Kier alpha value is -0.860. The molecule has 0 aliphatic heterocycles. The maximum absolute atomic E-state index is 12.1. The minimum absolute atomic E-state index is 0.0619. The van der Waals surface area contributed by atoms with Crippen molar-refractivity contribution in [3.8, 4) is 0 Å². The van der Waals surface area contributed by atoms with Crippen LogP contribution in [0, 0.1) is 16.7 Å². The standard InChI is InChI=1S/C12H18O3/c1-8(2)9(13)12(10(14)15-3)6-11(7-12)4-5-11/h8H,4-7H2,1-3H3. The SMILES string of the molecule is COC(=O)C1(C(=O)C(C)C)CC2(CC2)C1. The average molecular weight is 210 g/mol. The summed E-state index contributed by atoms with van der Waals surface area (Å²) >= 11 is 0. The van der Waals surface area contributed by atoms with Crippen LogP contribution in [0.2, 0.25) is 0 Å². The predicted molar refractivity (Wildman–Crippen MR) is 55.2 cm³/mol. The van der Waals surface area contributed by atoms with Gasteiger partial charge in [-0.3, -0.25) is 9.59 Å². The molecule has 84 valence electrons. The number of methoxy groups -OCH3 is 1. The monoisotopic (exact) mass is 210 g/mol. The van der Waals surface area contributed by atoms with E-state index in [0.717, 1.165) is 12.8 Å². The number of ether oxygens (including phenoxy) is 1. The van der Waals surface area contributed by atoms with Crippen LogP contribution in [0.4, 0.5) is 0 Å². The van der Waals surface area contributed by atoms with E-state index in [9.17, 15) is 9.59 Å². The zero-order valence-electron chi connectivity index (χ0n) is 9.63. The topological polar surface area (TPSA) is 43.4 Å². The molecule has 0 aromatic carbocycles. The Morgan fingerprint density at radius 3 is 2.07 bits per heavy atom. The number of carbonyl (C=O) groups is 2. The van der Waals surface area contributed by atoms with Crippen LogP contribution in [0.25, 0.3) is 0 Å². The molecule has 2 rings (SSSR count). The Morgan fingerprint density at radius 2 is 1.73 bits per heavy atom. The first-order valence-electron chi connectivity index (χ1n) is 5.59. The molecule has 0 heterocycles. The zero-order valence-corrected chi connectivity index (χ0v) is 9.63. The maximum Gasteiger partial charge on any atom is 0.319 e. The third-order valence-electron chi connectivity index (χ3n) is 3.88. The van der Waals surface area contributed by atoms with Gasteiger partial charge in [0.25, 0.3) is 0 Å². The van der Waals surface area contributed by atoms with Crippen molar-refractivity contribution in [2.45, 2.75) is 39.5 Å². The molecule has 0 amide bonds. The summed E-state index contributed by atoms with van der Waals surface area (Å²) in [5, 5.41) is 0. The van der Waals surface area contributed by atoms with Crippen molar-refractivity contribution in [2.24, 2.45) is 16.7 Å². The molecule has 0 aromatic heterocycles. The smallest absolute Gasteiger partial charge is 0.319 e. The van der Waals surface area contributed by atoms with E-state index in [1.807, 2.05) is 13.8 Å². The van der Waals surface area contributed by atoms with Gasteiger partial charge >= 0.3 is 5.97 Å². The molecule has 2 saturated carbocycles. The van der Waals surface area contributed by atoms with Crippen LogP contribution in [0.1, 0.15) is 39.5 Å². The Labute approximate surface area is 90.2 Å². The van der Waals surface area contributed by atoms with Gasteiger partial charge in [-0.05, 0) is 31.1 Å². The van der Waals surface area contributed by atoms with E-state index in [4.69, 9.17) is 4.74 Å². The van der Waals surface area contributed by atoms with Crippen molar-refractivity contribution in [1.82, 2.24) is 0 Å². The van der Waals surface area contributed by atoms with Gasteiger partial charge < -0.3 is 4.74 Å². The third-order valence-corrected chi connectivity index (χ3v) is 3.88. The van der Waals surface area contributed by atoms with Crippen LogP contribution in [0.15, 0.2) is 0 Å². The summed E-state index contributed by atoms with van der Waals surface area (Å²) in [4.78, 5) is 23.8. The fourth-order valence-electron chi connectivity index (χ4n) is 2.93. The lowest BCUT2D eigenvalue weighted by molar-refractivity contribution is -0.171.